The van der Waals surface area contributed by atoms with Crippen LogP contribution in [-0.4, -0.2) is 20.2 Å². The van der Waals surface area contributed by atoms with E-state index in [4.69, 9.17) is 5.26 Å². The number of nitrogens with zero attached hydrogens (tertiary/aromatic N) is 3. The van der Waals surface area contributed by atoms with E-state index in [9.17, 15) is 9.59 Å². The zero-order valence-electron chi connectivity index (χ0n) is 15.1. The predicted octanol–water partition coefficient (Wildman–Crippen LogP) is 2.52. The number of nitriles is 1. The molecule has 0 saturated heterocycles. The first-order chi connectivity index (χ1) is 13.5. The van der Waals surface area contributed by atoms with Gasteiger partial charge in [-0.2, -0.15) is 10.4 Å². The minimum atomic E-state index is -0.552. The lowest BCUT2D eigenvalue weighted by molar-refractivity contribution is 0.907. The molecule has 7 nitrogen and oxygen atoms in total. The topological polar surface area (TPSA) is 115 Å². The molecular formula is C21H17N5O2. The maximum atomic E-state index is 12.0. The zero-order valence-corrected chi connectivity index (χ0v) is 15.1. The molecule has 7 heteroatoms. The molecule has 2 aromatic heterocycles. The third-order valence-corrected chi connectivity index (χ3v) is 4.93. The molecule has 3 aromatic rings. The van der Waals surface area contributed by atoms with Crippen molar-refractivity contribution in [2.24, 2.45) is 5.92 Å². The Kier molecular flexibility index (Phi) is 4.45. The van der Waals surface area contributed by atoms with Gasteiger partial charge in [-0.25, -0.2) is 4.79 Å². The minimum Gasteiger partial charge on any atom is -0.313 e. The number of aromatic nitrogens is 4. The molecule has 2 atom stereocenters. The minimum absolute atomic E-state index is 0.290. The lowest BCUT2D eigenvalue weighted by atomic mass is 10.0. The molecule has 0 unspecified atom stereocenters. The van der Waals surface area contributed by atoms with Gasteiger partial charge < -0.3 is 4.98 Å². The van der Waals surface area contributed by atoms with Crippen LogP contribution in [-0.2, 0) is 0 Å². The lowest BCUT2D eigenvalue weighted by Crippen LogP contribution is -2.23. The van der Waals surface area contributed by atoms with Gasteiger partial charge >= 0.3 is 5.69 Å². The Morgan fingerprint density at radius 2 is 2.00 bits per heavy atom. The van der Waals surface area contributed by atoms with Gasteiger partial charge in [-0.1, -0.05) is 24.3 Å². The van der Waals surface area contributed by atoms with Gasteiger partial charge in [-0.15, -0.1) is 5.10 Å². The van der Waals surface area contributed by atoms with Crippen LogP contribution in [0.15, 0.2) is 52.2 Å². The van der Waals surface area contributed by atoms with Gasteiger partial charge in [0.2, 0.25) is 0 Å². The Balaban J connectivity index is 1.55. The first kappa shape index (κ1) is 17.6. The quantitative estimate of drug-likeness (QED) is 0.731. The normalized spacial score (nSPS) is 18.1. The van der Waals surface area contributed by atoms with Gasteiger partial charge in [-0.3, -0.25) is 9.78 Å². The van der Waals surface area contributed by atoms with Crippen molar-refractivity contribution in [1.82, 2.24) is 20.2 Å². The van der Waals surface area contributed by atoms with E-state index in [1.165, 1.54) is 6.20 Å². The van der Waals surface area contributed by atoms with Crippen LogP contribution < -0.4 is 11.2 Å². The van der Waals surface area contributed by atoms with Crippen LogP contribution in [0, 0.1) is 24.2 Å². The van der Waals surface area contributed by atoms with E-state index >= 15 is 0 Å². The molecule has 1 aliphatic carbocycles. The highest BCUT2D eigenvalue weighted by atomic mass is 16.2. The molecule has 1 aliphatic rings. The van der Waals surface area contributed by atoms with E-state index in [1.807, 2.05) is 25.1 Å². The van der Waals surface area contributed by atoms with E-state index in [2.05, 4.69) is 38.4 Å². The van der Waals surface area contributed by atoms with E-state index in [0.29, 0.717) is 28.7 Å². The Hall–Kier alpha value is -3.79. The molecular weight excluding hydrogens is 354 g/mol. The Morgan fingerprint density at radius 3 is 2.71 bits per heavy atom. The average molecular weight is 371 g/mol. The van der Waals surface area contributed by atoms with Crippen LogP contribution in [0.2, 0.25) is 0 Å². The summed E-state index contributed by atoms with van der Waals surface area (Å²) in [5.74, 6) is 0.714. The van der Waals surface area contributed by atoms with E-state index in [-0.39, 0.29) is 0 Å². The van der Waals surface area contributed by atoms with Crippen molar-refractivity contribution < 1.29 is 0 Å². The third kappa shape index (κ3) is 3.53. The molecule has 0 bridgehead atoms. The molecule has 4 rings (SSSR count). The third-order valence-electron chi connectivity index (χ3n) is 4.93. The largest absolute Gasteiger partial charge is 0.325 e. The fraction of sp³-hybridized carbons (Fsp3) is 0.190. The second-order valence-electron chi connectivity index (χ2n) is 6.85. The molecule has 0 radical (unpaired) electrons. The first-order valence-electron chi connectivity index (χ1n) is 8.90. The predicted molar refractivity (Wildman–Crippen MR) is 104 cm³/mol. The highest BCUT2D eigenvalue weighted by Gasteiger charge is 2.37. The average Bonchev–Trinajstić information content (AvgIpc) is 3.47. The van der Waals surface area contributed by atoms with Gasteiger partial charge in [0.25, 0.3) is 5.56 Å². The number of hydrogen-bond acceptors (Lipinski definition) is 5. The number of aryl methyl sites for hydroxylation is 1. The van der Waals surface area contributed by atoms with Crippen LogP contribution in [0.3, 0.4) is 0 Å². The molecule has 1 saturated carbocycles. The maximum Gasteiger partial charge on any atom is 0.325 e. The van der Waals surface area contributed by atoms with E-state index in [0.717, 1.165) is 23.2 Å². The van der Waals surface area contributed by atoms with Gasteiger partial charge in [0.15, 0.2) is 0 Å². The number of aromatic amines is 2. The fourth-order valence-electron chi connectivity index (χ4n) is 3.26. The van der Waals surface area contributed by atoms with Crippen LogP contribution in [0.25, 0.3) is 17.3 Å². The number of H-pyrrole nitrogens is 2. The fourth-order valence-corrected chi connectivity index (χ4v) is 3.26. The summed E-state index contributed by atoms with van der Waals surface area (Å²) in [4.78, 5) is 27.9. The highest BCUT2D eigenvalue weighted by Crippen LogP contribution is 2.49. The molecule has 138 valence electrons. The number of nitrogens with one attached hydrogen (secondary N) is 2. The van der Waals surface area contributed by atoms with Crippen molar-refractivity contribution in [1.29, 1.82) is 5.26 Å². The Morgan fingerprint density at radius 1 is 1.21 bits per heavy atom. The van der Waals surface area contributed by atoms with Gasteiger partial charge in [-0.05, 0) is 54.5 Å². The molecule has 0 spiro atoms. The number of allylic oxidation sites excluding steroid dienone is 1. The smallest absolute Gasteiger partial charge is 0.313 e. The summed E-state index contributed by atoms with van der Waals surface area (Å²) in [6, 6.07) is 11.4. The van der Waals surface area contributed by atoms with Crippen LogP contribution in [0.5, 0.6) is 0 Å². The van der Waals surface area contributed by atoms with Gasteiger partial charge in [0.1, 0.15) is 5.69 Å². The first-order valence-corrected chi connectivity index (χ1v) is 8.90. The molecule has 0 amide bonds. The summed E-state index contributed by atoms with van der Waals surface area (Å²) in [7, 11) is 0. The van der Waals surface area contributed by atoms with Gasteiger partial charge in [0.05, 0.1) is 22.9 Å². The van der Waals surface area contributed by atoms with E-state index in [1.54, 1.807) is 12.1 Å². The summed E-state index contributed by atoms with van der Waals surface area (Å²) >= 11 is 0. The number of benzene rings is 1. The Bertz CT molecular complexity index is 1220. The second-order valence-corrected chi connectivity index (χ2v) is 6.85. The van der Waals surface area contributed by atoms with Crippen molar-refractivity contribution in [2.45, 2.75) is 19.3 Å². The van der Waals surface area contributed by atoms with Crippen molar-refractivity contribution in [3.8, 4) is 17.3 Å². The molecule has 2 N–H and O–H groups in total. The summed E-state index contributed by atoms with van der Waals surface area (Å²) < 4.78 is 0. The van der Waals surface area contributed by atoms with Crippen LogP contribution in [0.1, 0.15) is 34.7 Å². The number of rotatable bonds is 4. The lowest BCUT2D eigenvalue weighted by Gasteiger charge is -2.06. The Labute approximate surface area is 160 Å². The molecule has 28 heavy (non-hydrogen) atoms. The van der Waals surface area contributed by atoms with Crippen molar-refractivity contribution in [2.75, 3.05) is 0 Å². The molecule has 1 aromatic carbocycles. The molecule has 1 fully saturated rings. The van der Waals surface area contributed by atoms with Crippen LogP contribution in [0.4, 0.5) is 0 Å². The second kappa shape index (κ2) is 7.08. The maximum absolute atomic E-state index is 12.0. The molecule has 2 heterocycles. The summed E-state index contributed by atoms with van der Waals surface area (Å²) in [5.41, 5.74) is 3.29. The van der Waals surface area contributed by atoms with Crippen molar-refractivity contribution in [3.63, 3.8) is 0 Å². The number of hydrogen-bond donors (Lipinski definition) is 2. The van der Waals surface area contributed by atoms with Crippen molar-refractivity contribution in [3.05, 3.63) is 85.8 Å². The summed E-state index contributed by atoms with van der Waals surface area (Å²) in [6.07, 6.45) is 6.59. The van der Waals surface area contributed by atoms with E-state index < -0.39 is 11.2 Å². The van der Waals surface area contributed by atoms with Crippen molar-refractivity contribution >= 4 is 6.08 Å². The molecule has 0 aliphatic heterocycles. The van der Waals surface area contributed by atoms with Gasteiger partial charge in [0, 0.05) is 6.20 Å². The monoisotopic (exact) mass is 371 g/mol. The summed E-state index contributed by atoms with van der Waals surface area (Å²) in [6.45, 7) is 1.91. The SMILES string of the molecule is Cc1nnc(-c2c[nH]c(=O)[nH]c2=O)cc1[C@H]1C[C@@H]1/C=C/c1ccc(C#N)cc1. The van der Waals surface area contributed by atoms with Crippen LogP contribution >= 0.6 is 0 Å². The summed E-state index contributed by atoms with van der Waals surface area (Å²) in [5, 5.41) is 17.2. The standard InChI is InChI=1S/C21H17N5O2/c1-12-16(9-19(26-25-12)18-11-23-21(28)24-20(18)27)17-8-15(17)7-6-13-2-4-14(10-22)5-3-13/h2-7,9,11,15,17H,8H2,1H3,(H2,23,24,27,28)/b7-6+/t15-,17-/m0/s1. The highest BCUT2D eigenvalue weighted by molar-refractivity contribution is 5.58. The zero-order chi connectivity index (χ0) is 19.7.